The molecule has 0 fully saturated rings. The van der Waals surface area contributed by atoms with E-state index in [4.69, 9.17) is 0 Å². The molecule has 0 atom stereocenters. The molecule has 0 saturated carbocycles. The molecule has 0 heterocycles. The molecule has 3 heteroatoms. The first-order valence-corrected chi connectivity index (χ1v) is 19.7. The van der Waals surface area contributed by atoms with Crippen molar-refractivity contribution < 1.29 is 19.5 Å². The monoisotopic (exact) mass is 447 g/mol. The molecule has 0 aliphatic heterocycles. The first-order valence-electron chi connectivity index (χ1n) is 6.43. The van der Waals surface area contributed by atoms with Gasteiger partial charge in [0, 0.05) is 0 Å². The van der Waals surface area contributed by atoms with Crippen molar-refractivity contribution in [2.24, 2.45) is 0 Å². The zero-order chi connectivity index (χ0) is 12.5. The zero-order valence-electron chi connectivity index (χ0n) is 12.8. The number of allylic oxidation sites excluding steroid dienone is 8. The fourth-order valence-electron chi connectivity index (χ4n) is 3.44. The molecule has 0 aromatic heterocycles. The fourth-order valence-corrected chi connectivity index (χ4v) is 45.0. The van der Waals surface area contributed by atoms with Crippen LogP contribution in [0, 0.1) is 0 Å². The summed E-state index contributed by atoms with van der Waals surface area (Å²) in [7, 11) is 0. The van der Waals surface area contributed by atoms with Crippen LogP contribution in [-0.2, 0) is 18.1 Å². The van der Waals surface area contributed by atoms with E-state index in [0.29, 0.717) is 0 Å². The Morgan fingerprint density at radius 3 is 1.72 bits per heavy atom. The minimum atomic E-state index is -2.51. The van der Waals surface area contributed by atoms with Crippen LogP contribution in [0.5, 0.6) is 0 Å². The Labute approximate surface area is 123 Å². The van der Waals surface area contributed by atoms with E-state index in [9.17, 15) is 0 Å². The smallest absolute Gasteiger partial charge is 0.147 e. The average Bonchev–Trinajstić information content (AvgIpc) is 2.88. The largest absolute Gasteiger partial charge is 1.00 e. The van der Waals surface area contributed by atoms with E-state index in [1.54, 1.807) is 3.26 Å². The minimum Gasteiger partial charge on any atom is -1.00 e. The fraction of sp³-hybridized carbons (Fsp3) is 0.400. The number of hydrogen-bond acceptors (Lipinski definition) is 0. The third-order valence-electron chi connectivity index (χ3n) is 4.01. The Morgan fingerprint density at radius 2 is 1.50 bits per heavy atom. The molecule has 2 rings (SSSR count). The Balaban J connectivity index is 0.00000162. The minimum absolute atomic E-state index is 0. The number of halogens is 1. The number of rotatable bonds is 2. The van der Waals surface area contributed by atoms with Crippen LogP contribution in [-0.4, -0.2) is 8.75 Å². The summed E-state index contributed by atoms with van der Waals surface area (Å²) in [5, 5.41) is 0. The van der Waals surface area contributed by atoms with Crippen molar-refractivity contribution in [1.29, 1.82) is 0 Å². The van der Waals surface area contributed by atoms with E-state index in [1.807, 2.05) is 6.66 Å². The average molecular weight is 446 g/mol. The molecular weight excluding hydrogens is 422 g/mol. The maximum Gasteiger partial charge on any atom is -0.147 e. The van der Waals surface area contributed by atoms with Gasteiger partial charge in [0.15, 0.2) is 0 Å². The van der Waals surface area contributed by atoms with Crippen LogP contribution in [0.1, 0.15) is 28.1 Å². The van der Waals surface area contributed by atoms with Crippen LogP contribution < -0.4 is 0 Å². The summed E-state index contributed by atoms with van der Waals surface area (Å²) in [4.78, 5) is 0. The van der Waals surface area contributed by atoms with E-state index < -0.39 is 18.1 Å². The standard InChI is InChI=1S/2C5H5.C3H6.C2H6Si.ClH.Hf.H/c2*1-2-4-5-3-1;2*1-3-2;;;/h2*1-3H,4H2;2*1-2H3;1H;;/q;;;;;;-1. The van der Waals surface area contributed by atoms with Crippen molar-refractivity contribution in [3.63, 3.8) is 0 Å². The zero-order valence-corrected chi connectivity index (χ0v) is 17.2. The Kier molecular flexibility index (Phi) is 5.95. The topological polar surface area (TPSA) is 0 Å². The first kappa shape index (κ1) is 16.3. The second-order valence-electron chi connectivity index (χ2n) is 5.40. The molecule has 0 aromatic rings. The first-order chi connectivity index (χ1) is 8.10. The number of hydrogen-bond donors (Lipinski definition) is 0. The van der Waals surface area contributed by atoms with Crippen LogP contribution in [0.2, 0.25) is 13.1 Å². The van der Waals surface area contributed by atoms with E-state index >= 15 is 0 Å². The molecule has 0 unspecified atom stereocenters. The van der Waals surface area contributed by atoms with Crippen LogP contribution in [0.4, 0.5) is 0 Å². The Bertz CT molecular complexity index is 521. The van der Waals surface area contributed by atoms with Crippen molar-refractivity contribution in [2.45, 2.75) is 39.8 Å². The van der Waals surface area contributed by atoms with Gasteiger partial charge in [-0.15, -0.1) is 12.4 Å². The van der Waals surface area contributed by atoms with Crippen LogP contribution >= 0.6 is 12.4 Å². The van der Waals surface area contributed by atoms with Gasteiger partial charge in [0.1, 0.15) is 0 Å². The summed E-state index contributed by atoms with van der Waals surface area (Å²) in [6, 6.07) is 0. The molecule has 0 radical (unpaired) electrons. The summed E-state index contributed by atoms with van der Waals surface area (Å²) < 4.78 is 5.47. The SMILES string of the molecule is C[C](C)=[Hf]([C]1=CC=CC1)([C]1=CC=CC1)=[Si](C)C.Cl.[H-]. The van der Waals surface area contributed by atoms with E-state index in [0.717, 1.165) is 0 Å². The third-order valence-corrected chi connectivity index (χ3v) is 46.0. The van der Waals surface area contributed by atoms with Crippen LogP contribution in [0.3, 0.4) is 0 Å². The van der Waals surface area contributed by atoms with Gasteiger partial charge in [-0.3, -0.25) is 0 Å². The van der Waals surface area contributed by atoms with Gasteiger partial charge in [0.25, 0.3) is 0 Å². The van der Waals surface area contributed by atoms with E-state index in [1.165, 1.54) is 12.8 Å². The molecule has 0 spiro atoms. The molecule has 0 aromatic carbocycles. The quantitative estimate of drug-likeness (QED) is 0.534. The second-order valence-corrected chi connectivity index (χ2v) is 37.9. The Hall–Kier alpha value is 0.207. The van der Waals surface area contributed by atoms with Crippen LogP contribution in [0.15, 0.2) is 43.1 Å². The van der Waals surface area contributed by atoms with Gasteiger partial charge in [0.05, 0.1) is 0 Å². The van der Waals surface area contributed by atoms with Gasteiger partial charge >= 0.3 is 110 Å². The molecule has 2 aliphatic carbocycles. The van der Waals surface area contributed by atoms with Crippen molar-refractivity contribution in [3.8, 4) is 0 Å². The molecule has 0 nitrogen and oxygen atoms in total. The molecule has 18 heavy (non-hydrogen) atoms. The predicted octanol–water partition coefficient (Wildman–Crippen LogP) is 4.83. The summed E-state index contributed by atoms with van der Waals surface area (Å²) in [6.07, 6.45) is 16.6. The van der Waals surface area contributed by atoms with Gasteiger partial charge in [-0.25, -0.2) is 0 Å². The summed E-state index contributed by atoms with van der Waals surface area (Å²) in [5.74, 6) is 0. The van der Waals surface area contributed by atoms with Gasteiger partial charge in [0.2, 0.25) is 0 Å². The second kappa shape index (κ2) is 6.58. The third kappa shape index (κ3) is 2.57. The molecule has 0 bridgehead atoms. The Morgan fingerprint density at radius 1 is 1.06 bits per heavy atom. The molecule has 0 amide bonds. The van der Waals surface area contributed by atoms with Gasteiger partial charge in [-0.1, -0.05) is 0 Å². The van der Waals surface area contributed by atoms with Gasteiger partial charge < -0.3 is 1.43 Å². The van der Waals surface area contributed by atoms with Crippen molar-refractivity contribution in [3.05, 3.63) is 43.1 Å². The van der Waals surface area contributed by atoms with Gasteiger partial charge in [-0.05, 0) is 0 Å². The van der Waals surface area contributed by atoms with Crippen LogP contribution in [0.25, 0.3) is 0 Å². The molecular formula is C15H24ClHfSi-. The molecule has 100 valence electrons. The van der Waals surface area contributed by atoms with Gasteiger partial charge in [-0.2, -0.15) is 0 Å². The molecule has 2 aliphatic rings. The van der Waals surface area contributed by atoms with Crippen molar-refractivity contribution >= 4 is 21.2 Å². The summed E-state index contributed by atoms with van der Waals surface area (Å²) >= 11 is -2.51. The maximum absolute atomic E-state index is 2.55. The summed E-state index contributed by atoms with van der Waals surface area (Å²) in [5.41, 5.74) is -0.229. The van der Waals surface area contributed by atoms with Crippen molar-refractivity contribution in [2.75, 3.05) is 0 Å². The van der Waals surface area contributed by atoms with Crippen molar-refractivity contribution in [1.82, 2.24) is 0 Å². The molecule has 0 saturated heterocycles. The van der Waals surface area contributed by atoms with E-state index in [2.05, 4.69) is 63.4 Å². The summed E-state index contributed by atoms with van der Waals surface area (Å²) in [6.45, 7) is 9.93. The predicted molar refractivity (Wildman–Crippen MR) is 85.9 cm³/mol. The molecule has 0 N–H and O–H groups in total. The van der Waals surface area contributed by atoms with E-state index in [-0.39, 0.29) is 19.3 Å². The maximum atomic E-state index is 2.55. The normalized spacial score (nSPS) is 16.4.